The predicted molar refractivity (Wildman–Crippen MR) is 101 cm³/mol. The van der Waals surface area contributed by atoms with Gasteiger partial charge in [0.15, 0.2) is 0 Å². The molecule has 2 rings (SSSR count). The maximum atomic E-state index is 13.0. The average Bonchev–Trinajstić information content (AvgIpc) is 3.12. The number of nitrogens with one attached hydrogen (secondary N) is 3. The normalized spacial score (nSPS) is 26.1. The van der Waals surface area contributed by atoms with Crippen molar-refractivity contribution in [1.29, 1.82) is 0 Å². The van der Waals surface area contributed by atoms with Crippen LogP contribution in [0, 0.1) is 0 Å². The lowest BCUT2D eigenvalue weighted by Gasteiger charge is -2.32. The Morgan fingerprint density at radius 2 is 1.89 bits per heavy atom. The number of carboxylic acids is 1. The van der Waals surface area contributed by atoms with Gasteiger partial charge >= 0.3 is 12.0 Å². The molecule has 2 aliphatic rings. The summed E-state index contributed by atoms with van der Waals surface area (Å²) >= 11 is 1.53. The number of fused-ring (bicyclic) bond motifs is 1. The van der Waals surface area contributed by atoms with Gasteiger partial charge in [0.25, 0.3) is 0 Å². The second kappa shape index (κ2) is 9.82. The molecule has 2 aliphatic heterocycles. The average molecular weight is 401 g/mol. The van der Waals surface area contributed by atoms with Gasteiger partial charge in [-0.05, 0) is 25.7 Å². The highest BCUT2D eigenvalue weighted by atomic mass is 32.2. The van der Waals surface area contributed by atoms with Crippen molar-refractivity contribution < 1.29 is 24.3 Å². The summed E-state index contributed by atoms with van der Waals surface area (Å²) in [5, 5.41) is 17.5. The lowest BCUT2D eigenvalue weighted by atomic mass is 9.88. The third-order valence-electron chi connectivity index (χ3n) is 4.99. The van der Waals surface area contributed by atoms with E-state index in [1.807, 2.05) is 0 Å². The van der Waals surface area contributed by atoms with Crippen molar-refractivity contribution in [2.45, 2.75) is 68.2 Å². The molecule has 0 saturated carbocycles. The largest absolute Gasteiger partial charge is 0.481 e. The molecule has 2 saturated heterocycles. The molecule has 0 spiro atoms. The molecule has 9 nitrogen and oxygen atoms in total. The number of thioether (sulfide) groups is 1. The molecule has 0 aliphatic carbocycles. The fourth-order valence-electron chi connectivity index (χ4n) is 3.61. The van der Waals surface area contributed by atoms with E-state index in [4.69, 9.17) is 10.8 Å². The van der Waals surface area contributed by atoms with Crippen LogP contribution in [0.4, 0.5) is 4.79 Å². The minimum atomic E-state index is -0.850. The van der Waals surface area contributed by atoms with Crippen LogP contribution in [0.5, 0.6) is 0 Å². The molecule has 2 fully saturated rings. The van der Waals surface area contributed by atoms with Gasteiger partial charge in [-0.2, -0.15) is 0 Å². The number of urea groups is 1. The number of hydrogen-bond acceptors (Lipinski definition) is 5. The number of aliphatic carboxylic acids is 1. The van der Waals surface area contributed by atoms with Crippen LogP contribution in [-0.4, -0.2) is 58.0 Å². The Kier molecular flexibility index (Phi) is 7.76. The molecule has 27 heavy (non-hydrogen) atoms. The molecule has 2 heterocycles. The summed E-state index contributed by atoms with van der Waals surface area (Å²) in [7, 11) is 0. The second-order valence-corrected chi connectivity index (χ2v) is 8.39. The van der Waals surface area contributed by atoms with Crippen LogP contribution in [0.15, 0.2) is 0 Å². The highest BCUT2D eigenvalue weighted by Crippen LogP contribution is 2.44. The fraction of sp³-hybridized carbons (Fsp3) is 0.765. The first-order valence-corrected chi connectivity index (χ1v) is 10.3. The van der Waals surface area contributed by atoms with Crippen molar-refractivity contribution in [2.24, 2.45) is 5.73 Å². The zero-order valence-electron chi connectivity index (χ0n) is 15.3. The Labute approximate surface area is 162 Å². The monoisotopic (exact) mass is 400 g/mol. The smallest absolute Gasteiger partial charge is 0.315 e. The Morgan fingerprint density at radius 1 is 1.15 bits per heavy atom. The minimum Gasteiger partial charge on any atom is -0.481 e. The highest BCUT2D eigenvalue weighted by Gasteiger charge is 2.57. The molecular weight excluding hydrogens is 372 g/mol. The van der Waals surface area contributed by atoms with Crippen molar-refractivity contribution in [1.82, 2.24) is 16.0 Å². The fourth-order valence-corrected chi connectivity index (χ4v) is 5.25. The summed E-state index contributed by atoms with van der Waals surface area (Å²) in [4.78, 5) is 46.1. The maximum Gasteiger partial charge on any atom is 0.315 e. The van der Waals surface area contributed by atoms with Gasteiger partial charge in [0.05, 0.1) is 12.1 Å². The number of unbranched alkanes of at least 4 members (excludes halogenated alkanes) is 3. The van der Waals surface area contributed by atoms with E-state index in [1.165, 1.54) is 11.8 Å². The van der Waals surface area contributed by atoms with E-state index in [0.717, 1.165) is 12.8 Å². The first-order chi connectivity index (χ1) is 12.8. The van der Waals surface area contributed by atoms with Crippen LogP contribution in [0.2, 0.25) is 0 Å². The van der Waals surface area contributed by atoms with Crippen LogP contribution in [0.1, 0.15) is 51.4 Å². The van der Waals surface area contributed by atoms with Crippen LogP contribution in [0.25, 0.3) is 0 Å². The molecule has 4 amide bonds. The Balaban J connectivity index is 1.89. The first-order valence-electron chi connectivity index (χ1n) is 9.34. The Hall–Kier alpha value is -1.97. The number of hydrogen-bond donors (Lipinski definition) is 5. The molecule has 0 bridgehead atoms. The zero-order chi connectivity index (χ0) is 19.9. The topological polar surface area (TPSA) is 151 Å². The quantitative estimate of drug-likeness (QED) is 0.235. The van der Waals surface area contributed by atoms with Crippen molar-refractivity contribution in [3.63, 3.8) is 0 Å². The van der Waals surface area contributed by atoms with Crippen LogP contribution < -0.4 is 21.7 Å². The zero-order valence-corrected chi connectivity index (χ0v) is 16.1. The Bertz CT molecular complexity index is 588. The third-order valence-corrected chi connectivity index (χ3v) is 6.67. The molecule has 3 atom stereocenters. The number of primary amides is 1. The van der Waals surface area contributed by atoms with Crippen LogP contribution >= 0.6 is 11.8 Å². The highest BCUT2D eigenvalue weighted by molar-refractivity contribution is 8.01. The van der Waals surface area contributed by atoms with Gasteiger partial charge in [-0.1, -0.05) is 12.8 Å². The maximum absolute atomic E-state index is 13.0. The third kappa shape index (κ3) is 5.75. The van der Waals surface area contributed by atoms with Gasteiger partial charge in [-0.15, -0.1) is 11.8 Å². The number of carbonyl (C=O) groups is 4. The van der Waals surface area contributed by atoms with Crippen molar-refractivity contribution >= 4 is 35.6 Å². The number of amides is 4. The molecule has 0 aromatic carbocycles. The molecular formula is C17H28N4O5S. The van der Waals surface area contributed by atoms with Gasteiger partial charge in [-0.3, -0.25) is 14.4 Å². The number of carbonyl (C=O) groups excluding carboxylic acids is 3. The summed E-state index contributed by atoms with van der Waals surface area (Å²) in [5.74, 6) is -0.641. The van der Waals surface area contributed by atoms with E-state index in [-0.39, 0.29) is 36.3 Å². The lowest BCUT2D eigenvalue weighted by Crippen LogP contribution is -2.56. The Morgan fingerprint density at radius 3 is 2.59 bits per heavy atom. The van der Waals surface area contributed by atoms with Gasteiger partial charge in [0, 0.05) is 25.1 Å². The van der Waals surface area contributed by atoms with E-state index in [0.29, 0.717) is 44.4 Å². The summed E-state index contributed by atoms with van der Waals surface area (Å²) in [6, 6.07) is -0.655. The number of rotatable bonds is 12. The van der Waals surface area contributed by atoms with Crippen molar-refractivity contribution in [3.05, 3.63) is 0 Å². The molecule has 6 N–H and O–H groups in total. The van der Waals surface area contributed by atoms with E-state index in [1.54, 1.807) is 0 Å². The van der Waals surface area contributed by atoms with Crippen molar-refractivity contribution in [3.8, 4) is 0 Å². The number of nitrogens with two attached hydrogens (primary N) is 1. The molecule has 0 aromatic heterocycles. The predicted octanol–water partition coefficient (Wildman–Crippen LogP) is 0.329. The van der Waals surface area contributed by atoms with E-state index >= 15 is 0 Å². The van der Waals surface area contributed by atoms with E-state index in [2.05, 4.69) is 16.0 Å². The standard InChI is InChI=1S/C17H28N4O5S/c18-12(22)6-2-1-5-9-19-15(25)17(8-4-3-7-13(23)24)14-11(10-27-17)20-16(26)21-14/h11,14H,1-10H2,(H2,18,22)(H,19,25)(H,23,24)(H2,20,21,26)/t11-,14-,17-/m0/s1. The van der Waals surface area contributed by atoms with Gasteiger partial charge in [0.1, 0.15) is 4.75 Å². The molecule has 10 heteroatoms. The van der Waals surface area contributed by atoms with Crippen LogP contribution in [-0.2, 0) is 14.4 Å². The minimum absolute atomic E-state index is 0.0704. The summed E-state index contributed by atoms with van der Waals surface area (Å²) in [5.41, 5.74) is 5.10. The summed E-state index contributed by atoms with van der Waals surface area (Å²) in [6.07, 6.45) is 4.28. The van der Waals surface area contributed by atoms with E-state index in [9.17, 15) is 19.2 Å². The second-order valence-electron chi connectivity index (χ2n) is 7.04. The molecule has 0 radical (unpaired) electrons. The summed E-state index contributed by atoms with van der Waals surface area (Å²) in [6.45, 7) is 0.494. The molecule has 0 aromatic rings. The molecule has 152 valence electrons. The molecule has 0 unspecified atom stereocenters. The van der Waals surface area contributed by atoms with Gasteiger partial charge < -0.3 is 26.8 Å². The van der Waals surface area contributed by atoms with Gasteiger partial charge in [-0.25, -0.2) is 4.79 Å². The number of carboxylic acid groups (broad SMARTS) is 1. The van der Waals surface area contributed by atoms with Gasteiger partial charge in [0.2, 0.25) is 11.8 Å². The van der Waals surface area contributed by atoms with E-state index < -0.39 is 10.7 Å². The summed E-state index contributed by atoms with van der Waals surface area (Å²) < 4.78 is -0.782. The SMILES string of the molecule is NC(=O)CCCCCNC(=O)[C@@]1(CCCCC(=O)O)SC[C@@H]2NC(=O)N[C@@H]21. The van der Waals surface area contributed by atoms with Crippen molar-refractivity contribution in [2.75, 3.05) is 12.3 Å². The van der Waals surface area contributed by atoms with Crippen LogP contribution in [0.3, 0.4) is 0 Å². The first kappa shape index (κ1) is 21.3. The lowest BCUT2D eigenvalue weighted by molar-refractivity contribution is -0.137.